The fraction of sp³-hybridized carbons (Fsp3) is 0.167. The van der Waals surface area contributed by atoms with E-state index in [1.54, 1.807) is 18.2 Å². The highest BCUT2D eigenvalue weighted by molar-refractivity contribution is 5.90. The van der Waals surface area contributed by atoms with Crippen LogP contribution in [0.3, 0.4) is 0 Å². The average Bonchev–Trinajstić information content (AvgIpc) is 3.31. The number of ether oxygens (including phenoxy) is 2. The summed E-state index contributed by atoms with van der Waals surface area (Å²) in [4.78, 5) is 16.5. The summed E-state index contributed by atoms with van der Waals surface area (Å²) < 4.78 is 15.8. The summed E-state index contributed by atoms with van der Waals surface area (Å²) in [5, 5.41) is 6.61. The van der Waals surface area contributed by atoms with E-state index < -0.39 is 5.91 Å². The number of nitrogens with one attached hydrogen (secondary N) is 1. The fourth-order valence-electron chi connectivity index (χ4n) is 2.55. The van der Waals surface area contributed by atoms with Crippen LogP contribution in [0.5, 0.6) is 11.5 Å². The molecular formula is C18H15N3O4. The summed E-state index contributed by atoms with van der Waals surface area (Å²) in [6, 6.07) is 14.8. The van der Waals surface area contributed by atoms with E-state index in [1.165, 1.54) is 0 Å². The smallest absolute Gasteiger partial charge is 0.293 e. The van der Waals surface area contributed by atoms with Gasteiger partial charge in [0.05, 0.1) is 6.04 Å². The maximum atomic E-state index is 12.3. The van der Waals surface area contributed by atoms with E-state index in [1.807, 2.05) is 37.3 Å². The van der Waals surface area contributed by atoms with Crippen molar-refractivity contribution in [2.45, 2.75) is 13.0 Å². The lowest BCUT2D eigenvalue weighted by atomic mass is 10.1. The summed E-state index contributed by atoms with van der Waals surface area (Å²) in [6.07, 6.45) is 0. The van der Waals surface area contributed by atoms with E-state index >= 15 is 0 Å². The Labute approximate surface area is 143 Å². The van der Waals surface area contributed by atoms with Gasteiger partial charge in [-0.3, -0.25) is 4.79 Å². The van der Waals surface area contributed by atoms with Crippen molar-refractivity contribution in [1.82, 2.24) is 15.5 Å². The minimum atomic E-state index is -0.396. The molecule has 1 aliphatic rings. The Morgan fingerprint density at radius 3 is 2.76 bits per heavy atom. The Bertz CT molecular complexity index is 908. The molecule has 0 saturated heterocycles. The van der Waals surface area contributed by atoms with Gasteiger partial charge in [-0.25, -0.2) is 0 Å². The molecule has 25 heavy (non-hydrogen) atoms. The fourth-order valence-corrected chi connectivity index (χ4v) is 2.55. The first-order chi connectivity index (χ1) is 12.2. The van der Waals surface area contributed by atoms with Gasteiger partial charge < -0.3 is 19.3 Å². The number of hydrogen-bond acceptors (Lipinski definition) is 6. The van der Waals surface area contributed by atoms with Crippen molar-refractivity contribution in [2.24, 2.45) is 0 Å². The number of aromatic nitrogens is 2. The molecule has 2 aromatic carbocycles. The first kappa shape index (κ1) is 15.2. The van der Waals surface area contributed by atoms with Crippen LogP contribution in [0.15, 0.2) is 53.1 Å². The highest BCUT2D eigenvalue weighted by Crippen LogP contribution is 2.35. The molecule has 4 rings (SSSR count). The molecule has 1 amide bonds. The van der Waals surface area contributed by atoms with Gasteiger partial charge in [-0.05, 0) is 30.7 Å². The summed E-state index contributed by atoms with van der Waals surface area (Å²) in [6.45, 7) is 2.08. The maximum Gasteiger partial charge on any atom is 0.293 e. The number of nitrogens with zero attached hydrogens (tertiary/aromatic N) is 2. The quantitative estimate of drug-likeness (QED) is 0.788. The second-order valence-corrected chi connectivity index (χ2v) is 5.60. The monoisotopic (exact) mass is 337 g/mol. The molecule has 7 nitrogen and oxygen atoms in total. The molecule has 0 spiro atoms. The van der Waals surface area contributed by atoms with E-state index in [4.69, 9.17) is 14.0 Å². The van der Waals surface area contributed by atoms with Crippen LogP contribution in [-0.4, -0.2) is 22.8 Å². The lowest BCUT2D eigenvalue weighted by Crippen LogP contribution is -2.27. The molecule has 0 aliphatic carbocycles. The number of benzene rings is 2. The SMILES string of the molecule is C[C@@H](NC(=O)c1noc(-c2ccc3c(c2)OCO3)n1)c1ccccc1. The summed E-state index contributed by atoms with van der Waals surface area (Å²) in [5.74, 6) is 1.11. The van der Waals surface area contributed by atoms with Gasteiger partial charge >= 0.3 is 0 Å². The molecule has 0 radical (unpaired) electrons. The Kier molecular flexibility index (Phi) is 3.81. The number of amides is 1. The van der Waals surface area contributed by atoms with Crippen molar-refractivity contribution in [3.63, 3.8) is 0 Å². The Hall–Kier alpha value is -3.35. The Morgan fingerprint density at radius 1 is 1.12 bits per heavy atom. The van der Waals surface area contributed by atoms with Gasteiger partial charge in [-0.2, -0.15) is 4.98 Å². The highest BCUT2D eigenvalue weighted by Gasteiger charge is 2.20. The van der Waals surface area contributed by atoms with E-state index in [0.717, 1.165) is 5.56 Å². The highest BCUT2D eigenvalue weighted by atomic mass is 16.7. The lowest BCUT2D eigenvalue weighted by Gasteiger charge is -2.12. The molecule has 0 bridgehead atoms. The van der Waals surface area contributed by atoms with Crippen LogP contribution < -0.4 is 14.8 Å². The van der Waals surface area contributed by atoms with Gasteiger partial charge in [0.25, 0.3) is 17.6 Å². The van der Waals surface area contributed by atoms with Crippen LogP contribution in [0, 0.1) is 0 Å². The molecule has 7 heteroatoms. The van der Waals surface area contributed by atoms with Crippen LogP contribution in [-0.2, 0) is 0 Å². The number of fused-ring (bicyclic) bond motifs is 1. The van der Waals surface area contributed by atoms with Crippen molar-refractivity contribution in [3.8, 4) is 23.0 Å². The second kappa shape index (κ2) is 6.27. The Morgan fingerprint density at radius 2 is 1.92 bits per heavy atom. The number of carbonyl (C=O) groups excluding carboxylic acids is 1. The van der Waals surface area contributed by atoms with Crippen LogP contribution in [0.1, 0.15) is 29.1 Å². The van der Waals surface area contributed by atoms with Crippen LogP contribution in [0.25, 0.3) is 11.5 Å². The van der Waals surface area contributed by atoms with Crippen molar-refractivity contribution in [1.29, 1.82) is 0 Å². The zero-order valence-electron chi connectivity index (χ0n) is 13.4. The second-order valence-electron chi connectivity index (χ2n) is 5.60. The molecule has 0 unspecified atom stereocenters. The van der Waals surface area contributed by atoms with E-state index in [0.29, 0.717) is 17.1 Å². The topological polar surface area (TPSA) is 86.5 Å². The number of carbonyl (C=O) groups is 1. The zero-order valence-corrected chi connectivity index (χ0v) is 13.4. The largest absolute Gasteiger partial charge is 0.454 e. The number of rotatable bonds is 4. The van der Waals surface area contributed by atoms with Gasteiger partial charge in [-0.15, -0.1) is 0 Å². The molecule has 0 fully saturated rings. The zero-order chi connectivity index (χ0) is 17.2. The van der Waals surface area contributed by atoms with Gasteiger partial charge in [0, 0.05) is 5.56 Å². The molecule has 0 saturated carbocycles. The van der Waals surface area contributed by atoms with Gasteiger partial charge in [0.1, 0.15) is 0 Å². The average molecular weight is 337 g/mol. The van der Waals surface area contributed by atoms with E-state index in [2.05, 4.69) is 15.5 Å². The van der Waals surface area contributed by atoms with E-state index in [9.17, 15) is 4.79 Å². The molecule has 2 heterocycles. The molecular weight excluding hydrogens is 322 g/mol. The van der Waals surface area contributed by atoms with E-state index in [-0.39, 0.29) is 24.5 Å². The van der Waals surface area contributed by atoms with Gasteiger partial charge in [-0.1, -0.05) is 35.5 Å². The Balaban J connectivity index is 1.50. The van der Waals surface area contributed by atoms with Crippen LogP contribution in [0.2, 0.25) is 0 Å². The molecule has 1 aromatic heterocycles. The summed E-state index contributed by atoms with van der Waals surface area (Å²) >= 11 is 0. The summed E-state index contributed by atoms with van der Waals surface area (Å²) in [5.41, 5.74) is 1.65. The number of hydrogen-bond donors (Lipinski definition) is 1. The third-order valence-corrected chi connectivity index (χ3v) is 3.90. The van der Waals surface area contributed by atoms with Gasteiger partial charge in [0.15, 0.2) is 11.5 Å². The molecule has 126 valence electrons. The van der Waals surface area contributed by atoms with Crippen LogP contribution >= 0.6 is 0 Å². The summed E-state index contributed by atoms with van der Waals surface area (Å²) in [7, 11) is 0. The molecule has 1 aliphatic heterocycles. The lowest BCUT2D eigenvalue weighted by molar-refractivity contribution is 0.0926. The standard InChI is InChI=1S/C18H15N3O4/c1-11(12-5-3-2-4-6-12)19-17(22)16-20-18(25-21-16)13-7-8-14-15(9-13)24-10-23-14/h2-9,11H,10H2,1H3,(H,19,22)/t11-/m1/s1. The van der Waals surface area contributed by atoms with Crippen molar-refractivity contribution < 1.29 is 18.8 Å². The first-order valence-corrected chi connectivity index (χ1v) is 7.80. The third-order valence-electron chi connectivity index (χ3n) is 3.90. The normalized spacial score (nSPS) is 13.5. The first-order valence-electron chi connectivity index (χ1n) is 7.80. The predicted octanol–water partition coefficient (Wildman–Crippen LogP) is 2.96. The minimum Gasteiger partial charge on any atom is -0.454 e. The predicted molar refractivity (Wildman–Crippen MR) is 88.2 cm³/mol. The minimum absolute atomic E-state index is 0.0181. The van der Waals surface area contributed by atoms with Crippen LogP contribution in [0.4, 0.5) is 0 Å². The molecule has 3 aromatic rings. The maximum absolute atomic E-state index is 12.3. The van der Waals surface area contributed by atoms with Gasteiger partial charge in [0.2, 0.25) is 6.79 Å². The van der Waals surface area contributed by atoms with Crippen molar-refractivity contribution in [3.05, 3.63) is 59.9 Å². The van der Waals surface area contributed by atoms with Crippen molar-refractivity contribution >= 4 is 5.91 Å². The molecule has 1 N–H and O–H groups in total. The molecule has 1 atom stereocenters. The van der Waals surface area contributed by atoms with Crippen molar-refractivity contribution in [2.75, 3.05) is 6.79 Å². The third kappa shape index (κ3) is 3.03.